The van der Waals surface area contributed by atoms with Crippen LogP contribution in [0.5, 0.6) is 5.75 Å². The van der Waals surface area contributed by atoms with Gasteiger partial charge in [-0.05, 0) is 40.8 Å². The molecule has 110 valence electrons. The second-order valence-corrected chi connectivity index (χ2v) is 6.18. The van der Waals surface area contributed by atoms with Crippen molar-refractivity contribution in [1.29, 1.82) is 0 Å². The summed E-state index contributed by atoms with van der Waals surface area (Å²) < 4.78 is 0. The zero-order chi connectivity index (χ0) is 15.5. The van der Waals surface area contributed by atoms with Gasteiger partial charge in [-0.25, -0.2) is 0 Å². The van der Waals surface area contributed by atoms with E-state index in [4.69, 9.17) is 0 Å². The van der Waals surface area contributed by atoms with E-state index in [2.05, 4.69) is 26.1 Å². The normalized spacial score (nSPS) is 11.2. The summed E-state index contributed by atoms with van der Waals surface area (Å²) in [5, 5.41) is 12.1. The van der Waals surface area contributed by atoms with E-state index in [0.29, 0.717) is 12.1 Å². The number of rotatable bonds is 3. The quantitative estimate of drug-likeness (QED) is 0.904. The van der Waals surface area contributed by atoms with Crippen molar-refractivity contribution in [1.82, 2.24) is 5.32 Å². The third kappa shape index (κ3) is 4.09. The number of aromatic hydroxyl groups is 1. The van der Waals surface area contributed by atoms with E-state index in [-0.39, 0.29) is 17.1 Å². The van der Waals surface area contributed by atoms with Gasteiger partial charge in [0.15, 0.2) is 0 Å². The third-order valence-electron chi connectivity index (χ3n) is 3.40. The molecule has 21 heavy (non-hydrogen) atoms. The van der Waals surface area contributed by atoms with Crippen molar-refractivity contribution < 1.29 is 9.90 Å². The predicted molar refractivity (Wildman–Crippen MR) is 84.4 cm³/mol. The van der Waals surface area contributed by atoms with Gasteiger partial charge >= 0.3 is 0 Å². The van der Waals surface area contributed by atoms with Gasteiger partial charge in [0.25, 0.3) is 5.91 Å². The molecule has 0 aromatic heterocycles. The second-order valence-electron chi connectivity index (χ2n) is 6.18. The van der Waals surface area contributed by atoms with Gasteiger partial charge in [0.2, 0.25) is 0 Å². The molecule has 0 unspecified atom stereocenters. The molecule has 0 radical (unpaired) electrons. The van der Waals surface area contributed by atoms with Gasteiger partial charge in [-0.2, -0.15) is 0 Å². The van der Waals surface area contributed by atoms with Crippen molar-refractivity contribution in [3.05, 3.63) is 65.2 Å². The Morgan fingerprint density at radius 3 is 2.10 bits per heavy atom. The lowest BCUT2D eigenvalue weighted by Gasteiger charge is -2.19. The van der Waals surface area contributed by atoms with Crippen molar-refractivity contribution in [3.8, 4) is 5.75 Å². The highest BCUT2D eigenvalue weighted by Gasteiger charge is 2.14. The van der Waals surface area contributed by atoms with Gasteiger partial charge in [-0.3, -0.25) is 4.79 Å². The lowest BCUT2D eigenvalue weighted by Crippen LogP contribution is -2.23. The first-order valence-electron chi connectivity index (χ1n) is 7.03. The van der Waals surface area contributed by atoms with Crippen LogP contribution in [0.1, 0.15) is 42.3 Å². The number of phenols is 1. The Kier molecular flexibility index (Phi) is 4.32. The van der Waals surface area contributed by atoms with Crippen LogP contribution in [0.4, 0.5) is 0 Å². The van der Waals surface area contributed by atoms with Crippen LogP contribution in [0.25, 0.3) is 0 Å². The molecule has 1 amide bonds. The lowest BCUT2D eigenvalue weighted by molar-refractivity contribution is 0.0951. The molecule has 2 rings (SSSR count). The number of amides is 1. The zero-order valence-corrected chi connectivity index (χ0v) is 12.7. The zero-order valence-electron chi connectivity index (χ0n) is 12.7. The molecule has 0 aliphatic carbocycles. The van der Waals surface area contributed by atoms with Crippen molar-refractivity contribution in [2.24, 2.45) is 0 Å². The first-order valence-corrected chi connectivity index (χ1v) is 7.03. The Hall–Kier alpha value is -2.29. The van der Waals surface area contributed by atoms with Crippen LogP contribution < -0.4 is 5.32 Å². The van der Waals surface area contributed by atoms with E-state index in [0.717, 1.165) is 5.56 Å². The molecule has 0 aliphatic heterocycles. The maximum Gasteiger partial charge on any atom is 0.251 e. The van der Waals surface area contributed by atoms with Crippen LogP contribution in [0.3, 0.4) is 0 Å². The molecule has 0 bridgehead atoms. The summed E-state index contributed by atoms with van der Waals surface area (Å²) in [6.07, 6.45) is 0. The second kappa shape index (κ2) is 6.00. The van der Waals surface area contributed by atoms with Gasteiger partial charge in [-0.1, -0.05) is 45.0 Å². The first kappa shape index (κ1) is 15.1. The van der Waals surface area contributed by atoms with Crippen LogP contribution in [0, 0.1) is 0 Å². The van der Waals surface area contributed by atoms with Crippen molar-refractivity contribution in [2.75, 3.05) is 0 Å². The molecule has 0 saturated carbocycles. The minimum absolute atomic E-state index is 0.0844. The Labute approximate surface area is 125 Å². The Bertz CT molecular complexity index is 607. The Morgan fingerprint density at radius 2 is 1.57 bits per heavy atom. The molecule has 0 atom stereocenters. The Balaban J connectivity index is 1.99. The highest BCUT2D eigenvalue weighted by atomic mass is 16.3. The predicted octanol–water partition coefficient (Wildman–Crippen LogP) is 3.62. The fourth-order valence-corrected chi connectivity index (χ4v) is 2.02. The van der Waals surface area contributed by atoms with Crippen LogP contribution >= 0.6 is 0 Å². The number of nitrogens with one attached hydrogen (secondary N) is 1. The van der Waals surface area contributed by atoms with Crippen LogP contribution in [0.2, 0.25) is 0 Å². The molecule has 0 heterocycles. The van der Waals surface area contributed by atoms with Gasteiger partial charge in [0, 0.05) is 12.1 Å². The average molecular weight is 283 g/mol. The van der Waals surface area contributed by atoms with E-state index < -0.39 is 0 Å². The van der Waals surface area contributed by atoms with Gasteiger partial charge in [0.05, 0.1) is 0 Å². The summed E-state index contributed by atoms with van der Waals surface area (Å²) in [6.45, 7) is 6.88. The van der Waals surface area contributed by atoms with Crippen LogP contribution in [0.15, 0.2) is 48.5 Å². The van der Waals surface area contributed by atoms with Gasteiger partial charge in [0.1, 0.15) is 5.75 Å². The number of phenolic OH excluding ortho intramolecular Hbond substituents is 1. The first-order chi connectivity index (χ1) is 9.86. The number of carbonyl (C=O) groups excluding carboxylic acids is 1. The summed E-state index contributed by atoms with van der Waals surface area (Å²) >= 11 is 0. The maximum absolute atomic E-state index is 12.1. The minimum atomic E-state index is -0.0939. The molecule has 3 heteroatoms. The average Bonchev–Trinajstić information content (AvgIpc) is 2.45. The van der Waals surface area contributed by atoms with Crippen molar-refractivity contribution in [2.45, 2.75) is 32.7 Å². The van der Waals surface area contributed by atoms with E-state index in [1.807, 2.05) is 24.3 Å². The SMILES string of the molecule is CC(C)(C)c1ccc(C(=O)NCc2ccc(O)cc2)cc1. The topological polar surface area (TPSA) is 49.3 Å². The fourth-order valence-electron chi connectivity index (χ4n) is 2.02. The molecule has 2 aromatic rings. The number of hydrogen-bond donors (Lipinski definition) is 2. The largest absolute Gasteiger partial charge is 0.508 e. The molecule has 0 aliphatic rings. The molecule has 3 nitrogen and oxygen atoms in total. The minimum Gasteiger partial charge on any atom is -0.508 e. The van der Waals surface area contributed by atoms with Crippen molar-refractivity contribution in [3.63, 3.8) is 0 Å². The molecule has 0 saturated heterocycles. The summed E-state index contributed by atoms with van der Waals surface area (Å²) in [4.78, 5) is 12.1. The highest BCUT2D eigenvalue weighted by Crippen LogP contribution is 2.22. The fraction of sp³-hybridized carbons (Fsp3) is 0.278. The molecule has 2 aromatic carbocycles. The van der Waals surface area contributed by atoms with E-state index in [1.165, 1.54) is 5.56 Å². The number of carbonyl (C=O) groups is 1. The van der Waals surface area contributed by atoms with Crippen molar-refractivity contribution >= 4 is 5.91 Å². The molecule has 0 spiro atoms. The maximum atomic E-state index is 12.1. The standard InChI is InChI=1S/C18H21NO2/c1-18(2,3)15-8-6-14(7-9-15)17(21)19-12-13-4-10-16(20)11-5-13/h4-11,20H,12H2,1-3H3,(H,19,21). The Morgan fingerprint density at radius 1 is 1.00 bits per heavy atom. The summed E-state index contributed by atoms with van der Waals surface area (Å²) in [5.41, 5.74) is 2.90. The third-order valence-corrected chi connectivity index (χ3v) is 3.40. The molecule has 0 fully saturated rings. The smallest absolute Gasteiger partial charge is 0.251 e. The molecule has 2 N–H and O–H groups in total. The van der Waals surface area contributed by atoms with Gasteiger partial charge in [-0.15, -0.1) is 0 Å². The number of hydrogen-bond acceptors (Lipinski definition) is 2. The summed E-state index contributed by atoms with van der Waals surface area (Å²) in [7, 11) is 0. The van der Waals surface area contributed by atoms with Crippen LogP contribution in [-0.4, -0.2) is 11.0 Å². The highest BCUT2D eigenvalue weighted by molar-refractivity contribution is 5.94. The number of benzene rings is 2. The van der Waals surface area contributed by atoms with Gasteiger partial charge < -0.3 is 10.4 Å². The summed E-state index contributed by atoms with van der Waals surface area (Å²) in [6, 6.07) is 14.5. The summed E-state index contributed by atoms with van der Waals surface area (Å²) in [5.74, 6) is 0.131. The van der Waals surface area contributed by atoms with E-state index in [1.54, 1.807) is 24.3 Å². The van der Waals surface area contributed by atoms with E-state index in [9.17, 15) is 9.90 Å². The monoisotopic (exact) mass is 283 g/mol. The molecular formula is C18H21NO2. The molecular weight excluding hydrogens is 262 g/mol. The van der Waals surface area contributed by atoms with Crippen LogP contribution in [-0.2, 0) is 12.0 Å². The lowest BCUT2D eigenvalue weighted by atomic mass is 9.87. The van der Waals surface area contributed by atoms with E-state index >= 15 is 0 Å².